The molecule has 0 unspecified atom stereocenters. The van der Waals surface area contributed by atoms with Gasteiger partial charge in [0, 0.05) is 6.07 Å². The van der Waals surface area contributed by atoms with E-state index in [1.165, 1.54) is 11.4 Å². The molecule has 0 radical (unpaired) electrons. The number of hydrogen-bond donors (Lipinski definition) is 2. The Balaban J connectivity index is 3.23. The second-order valence-corrected chi connectivity index (χ2v) is 5.59. The van der Waals surface area contributed by atoms with Crippen LogP contribution in [0.5, 0.6) is 0 Å². The van der Waals surface area contributed by atoms with Gasteiger partial charge in [0.05, 0.1) is 10.3 Å². The van der Waals surface area contributed by atoms with Gasteiger partial charge in [-0.05, 0) is 30.9 Å². The van der Waals surface area contributed by atoms with Crippen molar-refractivity contribution < 1.29 is 27.7 Å². The number of anilines is 1. The highest BCUT2D eigenvalue weighted by atomic mass is 19.4. The molecule has 0 heterocycles. The summed E-state index contributed by atoms with van der Waals surface area (Å²) in [5.41, 5.74) is 3.61. The van der Waals surface area contributed by atoms with Crippen LogP contribution in [-0.2, 0) is 16.0 Å². The number of carbonyl (C=O) groups excluding carboxylic acids is 2. The first kappa shape index (κ1) is 20.4. The summed E-state index contributed by atoms with van der Waals surface area (Å²) in [6.45, 7) is 3.50. The number of alkyl halides is 3. The van der Waals surface area contributed by atoms with Crippen LogP contribution in [0.1, 0.15) is 32.3 Å². The Morgan fingerprint density at radius 1 is 1.24 bits per heavy atom. The third kappa shape index (κ3) is 4.68. The van der Waals surface area contributed by atoms with Crippen LogP contribution in [0.2, 0.25) is 0 Å². The molecule has 0 bridgehead atoms. The average Bonchev–Trinajstić information content (AvgIpc) is 2.52. The number of nitro groups is 1. The molecule has 1 rings (SSSR count). The quantitative estimate of drug-likeness (QED) is 0.574. The van der Waals surface area contributed by atoms with Gasteiger partial charge in [0.15, 0.2) is 0 Å². The van der Waals surface area contributed by atoms with Gasteiger partial charge < -0.3 is 11.1 Å². The van der Waals surface area contributed by atoms with Crippen LogP contribution < -0.4 is 11.1 Å². The number of nitrogens with zero attached hydrogens (tertiary/aromatic N) is 1. The van der Waals surface area contributed by atoms with E-state index in [9.17, 15) is 32.9 Å². The van der Waals surface area contributed by atoms with E-state index < -0.39 is 39.7 Å². The van der Waals surface area contributed by atoms with Gasteiger partial charge in [-0.15, -0.1) is 0 Å². The SMILES string of the molecule is CCC(CC)(Cc1ccc(NC(=O)C(F)(F)F)c([N+](=O)[O-])c1)C(N)=O. The van der Waals surface area contributed by atoms with E-state index >= 15 is 0 Å². The molecule has 0 atom stereocenters. The Bertz CT molecular complexity index is 685. The Morgan fingerprint density at radius 2 is 1.80 bits per heavy atom. The number of rotatable bonds is 7. The Hall–Kier alpha value is -2.65. The predicted molar refractivity (Wildman–Crippen MR) is 83.7 cm³/mol. The number of benzene rings is 1. The maximum atomic E-state index is 12.3. The summed E-state index contributed by atoms with van der Waals surface area (Å²) in [6.07, 6.45) is -4.26. The van der Waals surface area contributed by atoms with Gasteiger partial charge in [0.25, 0.3) is 5.69 Å². The Morgan fingerprint density at radius 3 is 2.20 bits per heavy atom. The second kappa shape index (κ2) is 7.49. The average molecular weight is 361 g/mol. The van der Waals surface area contributed by atoms with Crippen molar-refractivity contribution in [2.45, 2.75) is 39.3 Å². The zero-order valence-corrected chi connectivity index (χ0v) is 13.6. The number of halogens is 3. The number of amides is 2. The monoisotopic (exact) mass is 361 g/mol. The fraction of sp³-hybridized carbons (Fsp3) is 0.467. The largest absolute Gasteiger partial charge is 0.471 e. The molecule has 1 aromatic rings. The summed E-state index contributed by atoms with van der Waals surface area (Å²) < 4.78 is 36.9. The first-order chi connectivity index (χ1) is 11.5. The van der Waals surface area contributed by atoms with Crippen molar-refractivity contribution in [2.75, 3.05) is 5.32 Å². The smallest absolute Gasteiger partial charge is 0.369 e. The van der Waals surface area contributed by atoms with E-state index in [4.69, 9.17) is 5.73 Å². The molecule has 10 heteroatoms. The van der Waals surface area contributed by atoms with Gasteiger partial charge in [-0.2, -0.15) is 13.2 Å². The molecule has 0 aliphatic rings. The summed E-state index contributed by atoms with van der Waals surface area (Å²) in [7, 11) is 0. The van der Waals surface area contributed by atoms with Crippen molar-refractivity contribution in [1.82, 2.24) is 0 Å². The van der Waals surface area contributed by atoms with Gasteiger partial charge in [-0.3, -0.25) is 19.7 Å². The van der Waals surface area contributed by atoms with Crippen molar-refractivity contribution >= 4 is 23.2 Å². The lowest BCUT2D eigenvalue weighted by Gasteiger charge is -2.28. The minimum atomic E-state index is -5.17. The lowest BCUT2D eigenvalue weighted by molar-refractivity contribution is -0.384. The van der Waals surface area contributed by atoms with Crippen molar-refractivity contribution in [3.63, 3.8) is 0 Å². The van der Waals surface area contributed by atoms with E-state index in [0.717, 1.165) is 12.1 Å². The molecule has 0 saturated heterocycles. The van der Waals surface area contributed by atoms with Gasteiger partial charge >= 0.3 is 12.1 Å². The van der Waals surface area contributed by atoms with Crippen molar-refractivity contribution in [3.8, 4) is 0 Å². The second-order valence-electron chi connectivity index (χ2n) is 5.59. The normalized spacial score (nSPS) is 11.9. The van der Waals surface area contributed by atoms with Crippen LogP contribution in [0.25, 0.3) is 0 Å². The number of primary amides is 1. The lowest BCUT2D eigenvalue weighted by atomic mass is 9.76. The molecular formula is C15H18F3N3O4. The molecule has 3 N–H and O–H groups in total. The molecule has 138 valence electrons. The van der Waals surface area contributed by atoms with Gasteiger partial charge in [-0.25, -0.2) is 0 Å². The summed E-state index contributed by atoms with van der Waals surface area (Å²) in [5.74, 6) is -2.87. The minimum Gasteiger partial charge on any atom is -0.369 e. The number of nitrogens with one attached hydrogen (secondary N) is 1. The van der Waals surface area contributed by atoms with Gasteiger partial charge in [0.2, 0.25) is 5.91 Å². The molecule has 0 fully saturated rings. The van der Waals surface area contributed by atoms with E-state index in [-0.39, 0.29) is 6.42 Å². The first-order valence-electron chi connectivity index (χ1n) is 7.42. The highest BCUT2D eigenvalue weighted by Gasteiger charge is 2.40. The molecule has 0 aliphatic carbocycles. The fourth-order valence-corrected chi connectivity index (χ4v) is 2.46. The topological polar surface area (TPSA) is 115 Å². The number of nitrogens with two attached hydrogens (primary N) is 1. The van der Waals surface area contributed by atoms with E-state index in [1.54, 1.807) is 13.8 Å². The highest BCUT2D eigenvalue weighted by molar-refractivity contribution is 5.96. The van der Waals surface area contributed by atoms with Gasteiger partial charge in [-0.1, -0.05) is 19.9 Å². The zero-order chi connectivity index (χ0) is 19.4. The van der Waals surface area contributed by atoms with Crippen LogP contribution >= 0.6 is 0 Å². The molecule has 0 saturated carbocycles. The molecule has 25 heavy (non-hydrogen) atoms. The number of nitro benzene ring substituents is 1. The van der Waals surface area contributed by atoms with Crippen LogP contribution in [0, 0.1) is 15.5 Å². The van der Waals surface area contributed by atoms with Crippen LogP contribution in [0.3, 0.4) is 0 Å². The Labute approximate surface area is 141 Å². The molecule has 2 amide bonds. The van der Waals surface area contributed by atoms with Crippen LogP contribution in [0.15, 0.2) is 18.2 Å². The van der Waals surface area contributed by atoms with Crippen molar-refractivity contribution in [2.24, 2.45) is 11.1 Å². The maximum Gasteiger partial charge on any atom is 0.471 e. The molecule has 0 spiro atoms. The Kier molecular flexibility index (Phi) is 6.11. The van der Waals surface area contributed by atoms with Gasteiger partial charge in [0.1, 0.15) is 5.69 Å². The van der Waals surface area contributed by atoms with Crippen LogP contribution in [0.4, 0.5) is 24.5 Å². The van der Waals surface area contributed by atoms with Crippen molar-refractivity contribution in [1.29, 1.82) is 0 Å². The maximum absolute atomic E-state index is 12.3. The van der Waals surface area contributed by atoms with Crippen LogP contribution in [-0.4, -0.2) is 22.9 Å². The number of hydrogen-bond acceptors (Lipinski definition) is 4. The fourth-order valence-electron chi connectivity index (χ4n) is 2.46. The molecule has 0 aliphatic heterocycles. The minimum absolute atomic E-state index is 0.101. The molecular weight excluding hydrogens is 343 g/mol. The molecule has 0 aromatic heterocycles. The number of carbonyl (C=O) groups is 2. The summed E-state index contributed by atoms with van der Waals surface area (Å²) in [4.78, 5) is 32.9. The summed E-state index contributed by atoms with van der Waals surface area (Å²) >= 11 is 0. The van der Waals surface area contributed by atoms with E-state index in [2.05, 4.69) is 0 Å². The summed E-state index contributed by atoms with van der Waals surface area (Å²) in [5, 5.41) is 12.6. The zero-order valence-electron chi connectivity index (χ0n) is 13.6. The highest BCUT2D eigenvalue weighted by Crippen LogP contribution is 2.34. The lowest BCUT2D eigenvalue weighted by Crippen LogP contribution is -2.38. The predicted octanol–water partition coefficient (Wildman–Crippen LogP) is 2.93. The first-order valence-corrected chi connectivity index (χ1v) is 7.42. The third-order valence-corrected chi connectivity index (χ3v) is 4.18. The van der Waals surface area contributed by atoms with E-state index in [0.29, 0.717) is 18.4 Å². The molecule has 7 nitrogen and oxygen atoms in total. The van der Waals surface area contributed by atoms with E-state index in [1.807, 2.05) is 0 Å². The molecule has 1 aromatic carbocycles. The summed E-state index contributed by atoms with van der Waals surface area (Å²) in [6, 6.07) is 3.37. The van der Waals surface area contributed by atoms with Crippen molar-refractivity contribution in [3.05, 3.63) is 33.9 Å². The standard InChI is InChI=1S/C15H18F3N3O4/c1-3-14(4-2,12(19)22)8-9-5-6-10(11(7-9)21(24)25)20-13(23)15(16,17)18/h5-7H,3-4,8H2,1-2H3,(H2,19,22)(H,20,23). The third-order valence-electron chi connectivity index (χ3n) is 4.18.